The highest BCUT2D eigenvalue weighted by Crippen LogP contribution is 2.20. The minimum Gasteiger partial charge on any atom is -0.362 e. The fourth-order valence-electron chi connectivity index (χ4n) is 1.85. The number of hydrogen-bond donors (Lipinski definition) is 2. The van der Waals surface area contributed by atoms with E-state index in [2.05, 4.69) is 35.8 Å². The average molecular weight is 351 g/mol. The highest BCUT2D eigenvalue weighted by molar-refractivity contribution is 7.98. The van der Waals surface area contributed by atoms with Gasteiger partial charge in [0.15, 0.2) is 5.11 Å². The molecule has 0 fully saturated rings. The highest BCUT2D eigenvalue weighted by atomic mass is 35.5. The number of thiocarbonyl (C=S) groups is 1. The Labute approximate surface area is 146 Å². The van der Waals surface area contributed by atoms with Gasteiger partial charge in [-0.15, -0.1) is 0 Å². The summed E-state index contributed by atoms with van der Waals surface area (Å²) in [6.07, 6.45) is 0. The fourth-order valence-corrected chi connectivity index (χ4v) is 3.21. The third-order valence-corrected chi connectivity index (χ3v) is 4.68. The molecule has 2 N–H and O–H groups in total. The van der Waals surface area contributed by atoms with Crippen LogP contribution in [0.1, 0.15) is 11.1 Å². The van der Waals surface area contributed by atoms with Crippen molar-refractivity contribution >= 4 is 46.4 Å². The smallest absolute Gasteiger partial charge is 0.170 e. The van der Waals surface area contributed by atoms with E-state index in [0.717, 1.165) is 28.8 Å². The molecule has 0 unspecified atom stereocenters. The second-order valence-corrected chi connectivity index (χ2v) is 6.81. The molecule has 116 valence electrons. The van der Waals surface area contributed by atoms with Crippen LogP contribution in [0.5, 0.6) is 0 Å². The molecule has 0 saturated heterocycles. The SMILES string of the molecule is Cc1ccc(NC(=S)NCCSCc2ccccc2Cl)cc1. The molecule has 0 amide bonds. The number of nitrogens with one attached hydrogen (secondary N) is 2. The van der Waals surface area contributed by atoms with Gasteiger partial charge in [0, 0.05) is 28.8 Å². The number of thioether (sulfide) groups is 1. The Bertz CT molecular complexity index is 614. The highest BCUT2D eigenvalue weighted by Gasteiger charge is 2.00. The molecule has 0 aliphatic heterocycles. The molecule has 2 aromatic rings. The molecule has 2 nitrogen and oxygen atoms in total. The van der Waals surface area contributed by atoms with E-state index in [4.69, 9.17) is 23.8 Å². The van der Waals surface area contributed by atoms with Crippen LogP contribution >= 0.6 is 35.6 Å². The number of rotatable bonds is 6. The predicted molar refractivity (Wildman–Crippen MR) is 103 cm³/mol. The van der Waals surface area contributed by atoms with E-state index in [0.29, 0.717) is 5.11 Å². The van der Waals surface area contributed by atoms with Gasteiger partial charge in [0.2, 0.25) is 0 Å². The normalized spacial score (nSPS) is 10.3. The maximum absolute atomic E-state index is 6.13. The molecule has 22 heavy (non-hydrogen) atoms. The van der Waals surface area contributed by atoms with Crippen molar-refractivity contribution in [2.45, 2.75) is 12.7 Å². The Kier molecular flexibility index (Phi) is 7.03. The van der Waals surface area contributed by atoms with Gasteiger partial charge in [0.05, 0.1) is 0 Å². The Morgan fingerprint density at radius 3 is 2.59 bits per heavy atom. The molecule has 0 saturated carbocycles. The summed E-state index contributed by atoms with van der Waals surface area (Å²) in [7, 11) is 0. The topological polar surface area (TPSA) is 24.1 Å². The Hall–Kier alpha value is -1.23. The lowest BCUT2D eigenvalue weighted by molar-refractivity contribution is 0.990. The van der Waals surface area contributed by atoms with Crippen molar-refractivity contribution in [3.63, 3.8) is 0 Å². The first-order chi connectivity index (χ1) is 10.6. The average Bonchev–Trinajstić information content (AvgIpc) is 2.51. The van der Waals surface area contributed by atoms with Crippen LogP contribution in [-0.4, -0.2) is 17.4 Å². The molecule has 5 heteroatoms. The minimum absolute atomic E-state index is 0.655. The molecule has 0 heterocycles. The van der Waals surface area contributed by atoms with E-state index in [1.54, 1.807) is 0 Å². The van der Waals surface area contributed by atoms with Gasteiger partial charge in [-0.05, 0) is 42.9 Å². The second-order valence-electron chi connectivity index (χ2n) is 4.89. The van der Waals surface area contributed by atoms with Crippen molar-refractivity contribution in [3.8, 4) is 0 Å². The summed E-state index contributed by atoms with van der Waals surface area (Å²) in [5, 5.41) is 7.88. The van der Waals surface area contributed by atoms with Crippen molar-refractivity contribution < 1.29 is 0 Å². The van der Waals surface area contributed by atoms with Gasteiger partial charge in [0.25, 0.3) is 0 Å². The van der Waals surface area contributed by atoms with E-state index < -0.39 is 0 Å². The zero-order valence-electron chi connectivity index (χ0n) is 12.4. The molecule has 0 radical (unpaired) electrons. The zero-order chi connectivity index (χ0) is 15.8. The number of anilines is 1. The maximum atomic E-state index is 6.13. The van der Waals surface area contributed by atoms with Gasteiger partial charge >= 0.3 is 0 Å². The lowest BCUT2D eigenvalue weighted by atomic mass is 10.2. The molecule has 0 aliphatic rings. The minimum atomic E-state index is 0.655. The van der Waals surface area contributed by atoms with Crippen molar-refractivity contribution in [1.29, 1.82) is 0 Å². The standard InChI is InChI=1S/C17H19ClN2S2/c1-13-6-8-15(9-7-13)20-17(21)19-10-11-22-12-14-4-2-3-5-16(14)18/h2-9H,10-12H2,1H3,(H2,19,20,21). The first kappa shape index (κ1) is 17.1. The number of aryl methyl sites for hydroxylation is 1. The summed E-state index contributed by atoms with van der Waals surface area (Å²) >= 11 is 13.2. The van der Waals surface area contributed by atoms with Crippen molar-refractivity contribution in [3.05, 3.63) is 64.7 Å². The number of halogens is 1. The molecule has 0 spiro atoms. The van der Waals surface area contributed by atoms with Crippen LogP contribution in [0.2, 0.25) is 5.02 Å². The largest absolute Gasteiger partial charge is 0.362 e. The molecule has 0 aromatic heterocycles. The van der Waals surface area contributed by atoms with Crippen LogP contribution in [0.25, 0.3) is 0 Å². The zero-order valence-corrected chi connectivity index (χ0v) is 14.8. The van der Waals surface area contributed by atoms with Crippen molar-refractivity contribution in [2.24, 2.45) is 0 Å². The van der Waals surface area contributed by atoms with E-state index in [9.17, 15) is 0 Å². The molecular formula is C17H19ClN2S2. The number of hydrogen-bond acceptors (Lipinski definition) is 2. The lowest BCUT2D eigenvalue weighted by Crippen LogP contribution is -2.30. The Balaban J connectivity index is 1.63. The van der Waals surface area contributed by atoms with Crippen LogP contribution < -0.4 is 10.6 Å². The first-order valence-electron chi connectivity index (χ1n) is 7.08. The Morgan fingerprint density at radius 1 is 1.14 bits per heavy atom. The van der Waals surface area contributed by atoms with Gasteiger partial charge in [0.1, 0.15) is 0 Å². The molecule has 0 bridgehead atoms. The van der Waals surface area contributed by atoms with E-state index >= 15 is 0 Å². The van der Waals surface area contributed by atoms with Crippen LogP contribution in [0.4, 0.5) is 5.69 Å². The van der Waals surface area contributed by atoms with Crippen molar-refractivity contribution in [2.75, 3.05) is 17.6 Å². The molecule has 0 atom stereocenters. The second kappa shape index (κ2) is 9.03. The lowest BCUT2D eigenvalue weighted by Gasteiger charge is -2.10. The first-order valence-corrected chi connectivity index (χ1v) is 9.02. The molecule has 0 aliphatic carbocycles. The summed E-state index contributed by atoms with van der Waals surface area (Å²) in [6.45, 7) is 2.89. The van der Waals surface area contributed by atoms with Gasteiger partial charge in [-0.1, -0.05) is 47.5 Å². The van der Waals surface area contributed by atoms with Crippen LogP contribution in [0.3, 0.4) is 0 Å². The summed E-state index contributed by atoms with van der Waals surface area (Å²) < 4.78 is 0. The summed E-state index contributed by atoms with van der Waals surface area (Å²) in [4.78, 5) is 0. The van der Waals surface area contributed by atoms with Crippen molar-refractivity contribution in [1.82, 2.24) is 5.32 Å². The molecule has 2 rings (SSSR count). The predicted octanol–water partition coefficient (Wildman–Crippen LogP) is 4.87. The van der Waals surface area contributed by atoms with E-state index in [1.807, 2.05) is 42.1 Å². The molecule has 2 aromatic carbocycles. The third kappa shape index (κ3) is 5.87. The summed E-state index contributed by atoms with van der Waals surface area (Å²) in [5.74, 6) is 1.89. The van der Waals surface area contributed by atoms with Gasteiger partial charge in [-0.2, -0.15) is 11.8 Å². The summed E-state index contributed by atoms with van der Waals surface area (Å²) in [6, 6.07) is 16.1. The van der Waals surface area contributed by atoms with E-state index in [-0.39, 0.29) is 0 Å². The quantitative estimate of drug-likeness (QED) is 0.573. The third-order valence-electron chi connectivity index (χ3n) is 3.06. The van der Waals surface area contributed by atoms with Crippen LogP contribution in [0, 0.1) is 6.92 Å². The van der Waals surface area contributed by atoms with Crippen LogP contribution in [-0.2, 0) is 5.75 Å². The monoisotopic (exact) mass is 350 g/mol. The van der Waals surface area contributed by atoms with Gasteiger partial charge < -0.3 is 10.6 Å². The van der Waals surface area contributed by atoms with Gasteiger partial charge in [-0.3, -0.25) is 0 Å². The van der Waals surface area contributed by atoms with Crippen LogP contribution in [0.15, 0.2) is 48.5 Å². The summed E-state index contributed by atoms with van der Waals surface area (Å²) in [5.41, 5.74) is 3.42. The maximum Gasteiger partial charge on any atom is 0.170 e. The fraction of sp³-hybridized carbons (Fsp3) is 0.235. The molecular weight excluding hydrogens is 332 g/mol. The number of benzene rings is 2. The Morgan fingerprint density at radius 2 is 1.86 bits per heavy atom. The van der Waals surface area contributed by atoms with E-state index in [1.165, 1.54) is 11.1 Å². The van der Waals surface area contributed by atoms with Gasteiger partial charge in [-0.25, -0.2) is 0 Å².